The molecule has 1 aromatic heterocycles. The molecule has 3 unspecified atom stereocenters. The summed E-state index contributed by atoms with van der Waals surface area (Å²) in [7, 11) is 0. The van der Waals surface area contributed by atoms with Gasteiger partial charge in [0.1, 0.15) is 5.01 Å². The molecule has 3 aromatic rings. The van der Waals surface area contributed by atoms with Gasteiger partial charge in [-0.3, -0.25) is 4.79 Å². The highest BCUT2D eigenvalue weighted by atomic mass is 32.1. The molecule has 1 amide bonds. The number of benzene rings is 2. The third-order valence-electron chi connectivity index (χ3n) is 4.74. The number of carbonyl (C=O) groups excluding carboxylic acids is 1. The van der Waals surface area contributed by atoms with Gasteiger partial charge in [0.05, 0.1) is 22.5 Å². The largest absolute Gasteiger partial charge is 0.348 e. The van der Waals surface area contributed by atoms with Crippen LogP contribution in [0.2, 0.25) is 0 Å². The van der Waals surface area contributed by atoms with Gasteiger partial charge in [0.25, 0.3) is 0 Å². The van der Waals surface area contributed by atoms with E-state index in [-0.39, 0.29) is 23.9 Å². The summed E-state index contributed by atoms with van der Waals surface area (Å²) >= 11 is 1.62. The summed E-state index contributed by atoms with van der Waals surface area (Å²) in [5.41, 5.74) is 9.30. The Labute approximate surface area is 164 Å². The van der Waals surface area contributed by atoms with E-state index in [1.165, 1.54) is 0 Å². The minimum absolute atomic E-state index is 0.0482. The molecule has 0 aliphatic rings. The van der Waals surface area contributed by atoms with E-state index in [4.69, 9.17) is 5.73 Å². The number of carbonyl (C=O) groups is 1. The fourth-order valence-corrected chi connectivity index (χ4v) is 4.13. The SMILES string of the molecule is Cc1nc(-c2ccccc2)sc1C(C)NC(=O)C(C)C(N)c1ccccc1. The summed E-state index contributed by atoms with van der Waals surface area (Å²) in [5.74, 6) is -0.371. The Kier molecular flexibility index (Phi) is 6.04. The minimum atomic E-state index is -0.333. The van der Waals surface area contributed by atoms with Gasteiger partial charge in [-0.25, -0.2) is 4.98 Å². The molecule has 0 fully saturated rings. The highest BCUT2D eigenvalue weighted by Gasteiger charge is 2.25. The number of aromatic nitrogens is 1. The molecule has 0 bridgehead atoms. The van der Waals surface area contributed by atoms with Crippen molar-refractivity contribution in [3.63, 3.8) is 0 Å². The van der Waals surface area contributed by atoms with Crippen LogP contribution in [0.4, 0.5) is 0 Å². The van der Waals surface area contributed by atoms with Crippen molar-refractivity contribution in [2.24, 2.45) is 11.7 Å². The summed E-state index contributed by atoms with van der Waals surface area (Å²) in [5, 5.41) is 4.07. The molecule has 0 radical (unpaired) electrons. The third kappa shape index (κ3) is 4.43. The predicted octanol–water partition coefficient (Wildman–Crippen LogP) is 4.63. The van der Waals surface area contributed by atoms with Gasteiger partial charge in [-0.2, -0.15) is 0 Å². The maximum Gasteiger partial charge on any atom is 0.225 e. The Hall–Kier alpha value is -2.50. The lowest BCUT2D eigenvalue weighted by Crippen LogP contribution is -2.36. The van der Waals surface area contributed by atoms with Gasteiger partial charge in [0, 0.05) is 11.6 Å². The van der Waals surface area contributed by atoms with E-state index >= 15 is 0 Å². The summed E-state index contributed by atoms with van der Waals surface area (Å²) in [4.78, 5) is 18.5. The normalized spacial score (nSPS) is 14.4. The number of nitrogens with one attached hydrogen (secondary N) is 1. The number of hydrogen-bond donors (Lipinski definition) is 2. The molecule has 3 rings (SSSR count). The molecule has 0 saturated carbocycles. The van der Waals surface area contributed by atoms with E-state index < -0.39 is 0 Å². The number of hydrogen-bond acceptors (Lipinski definition) is 4. The number of aryl methyl sites for hydroxylation is 1. The summed E-state index contributed by atoms with van der Waals surface area (Å²) < 4.78 is 0. The van der Waals surface area contributed by atoms with Crippen LogP contribution in [0, 0.1) is 12.8 Å². The van der Waals surface area contributed by atoms with Gasteiger partial charge in [0.2, 0.25) is 5.91 Å². The van der Waals surface area contributed by atoms with Crippen LogP contribution in [0.3, 0.4) is 0 Å². The smallest absolute Gasteiger partial charge is 0.225 e. The van der Waals surface area contributed by atoms with Crippen LogP contribution in [-0.4, -0.2) is 10.9 Å². The molecule has 0 aliphatic carbocycles. The molecular weight excluding hydrogens is 354 g/mol. The van der Waals surface area contributed by atoms with Crippen molar-refractivity contribution in [1.82, 2.24) is 10.3 Å². The molecule has 1 heterocycles. The highest BCUT2D eigenvalue weighted by Crippen LogP contribution is 2.32. The van der Waals surface area contributed by atoms with Crippen LogP contribution in [0.15, 0.2) is 60.7 Å². The topological polar surface area (TPSA) is 68.0 Å². The van der Waals surface area contributed by atoms with Crippen molar-refractivity contribution < 1.29 is 4.79 Å². The van der Waals surface area contributed by atoms with Gasteiger partial charge in [0.15, 0.2) is 0 Å². The van der Waals surface area contributed by atoms with Crippen LogP contribution < -0.4 is 11.1 Å². The minimum Gasteiger partial charge on any atom is -0.348 e. The lowest BCUT2D eigenvalue weighted by Gasteiger charge is -2.22. The number of thiazole rings is 1. The Bertz CT molecular complexity index is 892. The maximum absolute atomic E-state index is 12.7. The van der Waals surface area contributed by atoms with E-state index in [0.717, 1.165) is 26.7 Å². The number of amides is 1. The molecule has 140 valence electrons. The van der Waals surface area contributed by atoms with Gasteiger partial charge in [-0.1, -0.05) is 67.6 Å². The summed E-state index contributed by atoms with van der Waals surface area (Å²) in [6, 6.07) is 19.4. The van der Waals surface area contributed by atoms with Crippen molar-refractivity contribution in [3.8, 4) is 10.6 Å². The molecule has 0 spiro atoms. The zero-order chi connectivity index (χ0) is 19.4. The molecule has 0 saturated heterocycles. The average molecular weight is 380 g/mol. The monoisotopic (exact) mass is 379 g/mol. The quantitative estimate of drug-likeness (QED) is 0.656. The van der Waals surface area contributed by atoms with Crippen molar-refractivity contribution in [3.05, 3.63) is 76.8 Å². The molecule has 5 heteroatoms. The number of rotatable bonds is 6. The van der Waals surface area contributed by atoms with Gasteiger partial charge in [-0.15, -0.1) is 11.3 Å². The maximum atomic E-state index is 12.7. The van der Waals surface area contributed by atoms with E-state index in [0.29, 0.717) is 0 Å². The van der Waals surface area contributed by atoms with Gasteiger partial charge in [-0.05, 0) is 19.4 Å². The van der Waals surface area contributed by atoms with E-state index in [9.17, 15) is 4.79 Å². The molecule has 2 aromatic carbocycles. The fourth-order valence-electron chi connectivity index (χ4n) is 3.05. The summed E-state index contributed by atoms with van der Waals surface area (Å²) in [6.07, 6.45) is 0. The standard InChI is InChI=1S/C22H25N3OS/c1-14(19(23)17-10-6-4-7-11-17)21(26)24-15(2)20-16(3)25-22(27-20)18-12-8-5-9-13-18/h4-15,19H,23H2,1-3H3,(H,24,26). The number of nitrogens with two attached hydrogens (primary N) is 1. The predicted molar refractivity (Wildman–Crippen MR) is 111 cm³/mol. The molecular formula is C22H25N3OS. The fraction of sp³-hybridized carbons (Fsp3) is 0.273. The zero-order valence-electron chi connectivity index (χ0n) is 15.8. The first-order valence-corrected chi connectivity index (χ1v) is 9.92. The second kappa shape index (κ2) is 8.46. The van der Waals surface area contributed by atoms with Crippen molar-refractivity contribution in [2.45, 2.75) is 32.9 Å². The third-order valence-corrected chi connectivity index (χ3v) is 6.13. The first-order chi connectivity index (χ1) is 13.0. The lowest BCUT2D eigenvalue weighted by atomic mass is 9.94. The molecule has 3 N–H and O–H groups in total. The Morgan fingerprint density at radius 1 is 1.04 bits per heavy atom. The van der Waals surface area contributed by atoms with Crippen LogP contribution in [0.1, 0.15) is 42.1 Å². The van der Waals surface area contributed by atoms with Crippen LogP contribution >= 0.6 is 11.3 Å². The first kappa shape index (κ1) is 19.3. The van der Waals surface area contributed by atoms with Gasteiger partial charge < -0.3 is 11.1 Å². The van der Waals surface area contributed by atoms with Crippen LogP contribution in [-0.2, 0) is 4.79 Å². The zero-order valence-corrected chi connectivity index (χ0v) is 16.7. The van der Waals surface area contributed by atoms with Crippen molar-refractivity contribution in [2.75, 3.05) is 0 Å². The molecule has 27 heavy (non-hydrogen) atoms. The second-order valence-electron chi connectivity index (χ2n) is 6.79. The Balaban J connectivity index is 1.70. The Morgan fingerprint density at radius 2 is 1.63 bits per heavy atom. The second-order valence-corrected chi connectivity index (χ2v) is 7.82. The molecule has 4 nitrogen and oxygen atoms in total. The molecule has 0 aliphatic heterocycles. The average Bonchev–Trinajstić information content (AvgIpc) is 3.10. The van der Waals surface area contributed by atoms with Crippen LogP contribution in [0.25, 0.3) is 10.6 Å². The van der Waals surface area contributed by atoms with E-state index in [1.54, 1.807) is 11.3 Å². The van der Waals surface area contributed by atoms with E-state index in [1.807, 2.05) is 81.4 Å². The highest BCUT2D eigenvalue weighted by molar-refractivity contribution is 7.15. The van der Waals surface area contributed by atoms with E-state index in [2.05, 4.69) is 10.3 Å². The number of nitrogens with zero attached hydrogens (tertiary/aromatic N) is 1. The van der Waals surface area contributed by atoms with Crippen molar-refractivity contribution in [1.29, 1.82) is 0 Å². The van der Waals surface area contributed by atoms with Crippen LogP contribution in [0.5, 0.6) is 0 Å². The molecule has 3 atom stereocenters. The first-order valence-electron chi connectivity index (χ1n) is 9.11. The van der Waals surface area contributed by atoms with Crippen molar-refractivity contribution >= 4 is 17.2 Å². The Morgan fingerprint density at radius 3 is 2.26 bits per heavy atom. The van der Waals surface area contributed by atoms with Gasteiger partial charge >= 0.3 is 0 Å². The lowest BCUT2D eigenvalue weighted by molar-refractivity contribution is -0.125. The summed E-state index contributed by atoms with van der Waals surface area (Å²) in [6.45, 7) is 5.85.